The molecule has 0 saturated carbocycles. The molecule has 16 heavy (non-hydrogen) atoms. The van der Waals surface area contributed by atoms with E-state index >= 15 is 0 Å². The molecule has 0 saturated heterocycles. The zero-order chi connectivity index (χ0) is 11.0. The van der Waals surface area contributed by atoms with E-state index in [9.17, 15) is 0 Å². The molecule has 3 heterocycles. The Morgan fingerprint density at radius 2 is 2.06 bits per heavy atom. The molecule has 3 aromatic heterocycles. The summed E-state index contributed by atoms with van der Waals surface area (Å²) in [6.45, 7) is 0. The molecule has 4 nitrogen and oxygen atoms in total. The molecule has 4 heteroatoms. The van der Waals surface area contributed by atoms with Gasteiger partial charge in [0.25, 0.3) is 0 Å². The van der Waals surface area contributed by atoms with Crippen LogP contribution in [-0.2, 0) is 0 Å². The van der Waals surface area contributed by atoms with Crippen LogP contribution in [-0.4, -0.2) is 14.4 Å². The van der Waals surface area contributed by atoms with E-state index in [2.05, 4.69) is 9.97 Å². The molecule has 0 amide bonds. The van der Waals surface area contributed by atoms with Gasteiger partial charge in [0.2, 0.25) is 0 Å². The summed E-state index contributed by atoms with van der Waals surface area (Å²) in [5.41, 5.74) is 9.48. The van der Waals surface area contributed by atoms with Crippen LogP contribution in [0, 0.1) is 0 Å². The average molecular weight is 210 g/mol. The van der Waals surface area contributed by atoms with Crippen molar-refractivity contribution in [3.63, 3.8) is 0 Å². The third kappa shape index (κ3) is 1.24. The number of imidazole rings is 1. The number of pyridine rings is 2. The fraction of sp³-hybridized carbons (Fsp3) is 0. The summed E-state index contributed by atoms with van der Waals surface area (Å²) in [6.07, 6.45) is 7.14. The number of nitrogens with zero attached hydrogens (tertiary/aromatic N) is 3. The third-order valence-corrected chi connectivity index (χ3v) is 2.56. The van der Waals surface area contributed by atoms with Crippen molar-refractivity contribution >= 4 is 11.3 Å². The lowest BCUT2D eigenvalue weighted by atomic mass is 10.1. The first-order chi connectivity index (χ1) is 7.86. The summed E-state index contributed by atoms with van der Waals surface area (Å²) in [4.78, 5) is 8.34. The average Bonchev–Trinajstić information content (AvgIpc) is 2.77. The van der Waals surface area contributed by atoms with E-state index in [1.165, 1.54) is 0 Å². The third-order valence-electron chi connectivity index (χ3n) is 2.56. The number of anilines is 1. The van der Waals surface area contributed by atoms with Crippen LogP contribution in [0.3, 0.4) is 0 Å². The van der Waals surface area contributed by atoms with E-state index in [1.807, 2.05) is 28.8 Å². The first kappa shape index (κ1) is 8.91. The van der Waals surface area contributed by atoms with Crippen molar-refractivity contribution in [3.05, 3.63) is 49.1 Å². The Morgan fingerprint density at radius 1 is 1.12 bits per heavy atom. The monoisotopic (exact) mass is 210 g/mol. The molecule has 3 aromatic rings. The Morgan fingerprint density at radius 3 is 2.94 bits per heavy atom. The highest BCUT2D eigenvalue weighted by Gasteiger charge is 2.06. The molecule has 3 rings (SSSR count). The van der Waals surface area contributed by atoms with Gasteiger partial charge in [0.05, 0.1) is 5.69 Å². The maximum atomic E-state index is 5.94. The fourth-order valence-corrected chi connectivity index (χ4v) is 1.79. The van der Waals surface area contributed by atoms with Crippen LogP contribution in [0.25, 0.3) is 16.9 Å². The Bertz CT molecular complexity index is 642. The molecule has 0 unspecified atom stereocenters. The van der Waals surface area contributed by atoms with Crippen molar-refractivity contribution in [2.75, 3.05) is 5.73 Å². The maximum Gasteiger partial charge on any atom is 0.137 e. The molecule has 0 atom stereocenters. The normalized spacial score (nSPS) is 10.8. The van der Waals surface area contributed by atoms with E-state index in [1.54, 1.807) is 24.7 Å². The van der Waals surface area contributed by atoms with Crippen LogP contribution < -0.4 is 5.73 Å². The summed E-state index contributed by atoms with van der Waals surface area (Å²) >= 11 is 0. The molecule has 0 fully saturated rings. The summed E-state index contributed by atoms with van der Waals surface area (Å²) < 4.78 is 1.99. The highest BCUT2D eigenvalue weighted by Crippen LogP contribution is 2.24. The Kier molecular flexibility index (Phi) is 1.86. The van der Waals surface area contributed by atoms with Crippen LogP contribution >= 0.6 is 0 Å². The van der Waals surface area contributed by atoms with Gasteiger partial charge in [-0.1, -0.05) is 6.07 Å². The molecule has 78 valence electrons. The molecule has 0 radical (unpaired) electrons. The number of aromatic nitrogens is 3. The predicted octanol–water partition coefficient (Wildman–Crippen LogP) is 1.98. The van der Waals surface area contributed by atoms with E-state index in [0.717, 1.165) is 22.6 Å². The minimum Gasteiger partial charge on any atom is -0.398 e. The Labute approximate surface area is 92.4 Å². The highest BCUT2D eigenvalue weighted by molar-refractivity contribution is 5.74. The quantitative estimate of drug-likeness (QED) is 0.668. The van der Waals surface area contributed by atoms with Crippen molar-refractivity contribution in [1.82, 2.24) is 14.4 Å². The predicted molar refractivity (Wildman–Crippen MR) is 62.8 cm³/mol. The molecule has 0 bridgehead atoms. The maximum absolute atomic E-state index is 5.94. The first-order valence-corrected chi connectivity index (χ1v) is 4.98. The second kappa shape index (κ2) is 3.34. The van der Waals surface area contributed by atoms with Gasteiger partial charge in [-0.3, -0.25) is 9.38 Å². The van der Waals surface area contributed by atoms with Crippen LogP contribution in [0.5, 0.6) is 0 Å². The lowest BCUT2D eigenvalue weighted by Crippen LogP contribution is -1.95. The van der Waals surface area contributed by atoms with Crippen LogP contribution in [0.2, 0.25) is 0 Å². The summed E-state index contributed by atoms with van der Waals surface area (Å²) in [6, 6.07) is 7.72. The van der Waals surface area contributed by atoms with Gasteiger partial charge >= 0.3 is 0 Å². The molecule has 2 N–H and O–H groups in total. The second-order valence-electron chi connectivity index (χ2n) is 3.53. The SMILES string of the molecule is Nc1ccncc1-c1cccc2nccn12. The van der Waals surface area contributed by atoms with Gasteiger partial charge in [-0.2, -0.15) is 0 Å². The molecule has 0 aliphatic carbocycles. The number of hydrogen-bond acceptors (Lipinski definition) is 3. The van der Waals surface area contributed by atoms with Gasteiger partial charge < -0.3 is 5.73 Å². The van der Waals surface area contributed by atoms with Gasteiger partial charge in [-0.25, -0.2) is 4.98 Å². The van der Waals surface area contributed by atoms with Gasteiger partial charge in [0, 0.05) is 36.0 Å². The first-order valence-electron chi connectivity index (χ1n) is 4.98. The molecule has 0 aliphatic heterocycles. The Balaban J connectivity index is 2.34. The molecule has 0 spiro atoms. The minimum atomic E-state index is 0.719. The summed E-state index contributed by atoms with van der Waals surface area (Å²) in [7, 11) is 0. The lowest BCUT2D eigenvalue weighted by Gasteiger charge is -2.07. The number of hydrogen-bond donors (Lipinski definition) is 1. The summed E-state index contributed by atoms with van der Waals surface area (Å²) in [5.74, 6) is 0. The molecule has 0 aromatic carbocycles. The smallest absolute Gasteiger partial charge is 0.137 e. The minimum absolute atomic E-state index is 0.719. The van der Waals surface area contributed by atoms with Gasteiger partial charge in [-0.05, 0) is 18.2 Å². The van der Waals surface area contributed by atoms with Gasteiger partial charge in [0.1, 0.15) is 5.65 Å². The zero-order valence-electron chi connectivity index (χ0n) is 8.54. The number of nitrogen functional groups attached to an aromatic ring is 1. The van der Waals surface area contributed by atoms with Crippen molar-refractivity contribution in [3.8, 4) is 11.3 Å². The van der Waals surface area contributed by atoms with E-state index < -0.39 is 0 Å². The molecule has 0 aliphatic rings. The largest absolute Gasteiger partial charge is 0.398 e. The number of rotatable bonds is 1. The topological polar surface area (TPSA) is 56.2 Å². The number of fused-ring (bicyclic) bond motifs is 1. The van der Waals surface area contributed by atoms with Crippen molar-refractivity contribution in [1.29, 1.82) is 0 Å². The van der Waals surface area contributed by atoms with E-state index in [0.29, 0.717) is 0 Å². The zero-order valence-corrected chi connectivity index (χ0v) is 8.54. The number of nitrogens with two attached hydrogens (primary N) is 1. The Hall–Kier alpha value is -2.36. The van der Waals surface area contributed by atoms with Gasteiger partial charge in [0.15, 0.2) is 0 Å². The van der Waals surface area contributed by atoms with E-state index in [4.69, 9.17) is 5.73 Å². The van der Waals surface area contributed by atoms with Crippen molar-refractivity contribution in [2.45, 2.75) is 0 Å². The van der Waals surface area contributed by atoms with Crippen LogP contribution in [0.4, 0.5) is 5.69 Å². The van der Waals surface area contributed by atoms with E-state index in [-0.39, 0.29) is 0 Å². The van der Waals surface area contributed by atoms with Gasteiger partial charge in [-0.15, -0.1) is 0 Å². The highest BCUT2D eigenvalue weighted by atomic mass is 15.0. The molecular weight excluding hydrogens is 200 g/mol. The summed E-state index contributed by atoms with van der Waals surface area (Å²) in [5, 5.41) is 0. The van der Waals surface area contributed by atoms with Crippen LogP contribution in [0.1, 0.15) is 0 Å². The second-order valence-corrected chi connectivity index (χ2v) is 3.53. The van der Waals surface area contributed by atoms with Crippen molar-refractivity contribution in [2.24, 2.45) is 0 Å². The fourth-order valence-electron chi connectivity index (χ4n) is 1.79. The lowest BCUT2D eigenvalue weighted by molar-refractivity contribution is 1.18. The van der Waals surface area contributed by atoms with Crippen molar-refractivity contribution < 1.29 is 0 Å². The standard InChI is InChI=1S/C12H10N4/c13-10-4-5-14-8-9(10)11-2-1-3-12-15-6-7-16(11)12/h1-8H,(H2,13,14). The van der Waals surface area contributed by atoms with Crippen LogP contribution in [0.15, 0.2) is 49.1 Å². The molecular formula is C12H10N4.